The highest BCUT2D eigenvalue weighted by Gasteiger charge is 2.23. The molecule has 156 valence electrons. The summed E-state index contributed by atoms with van der Waals surface area (Å²) in [7, 11) is 1.62. The number of anilines is 1. The molecule has 0 saturated carbocycles. The Labute approximate surface area is 173 Å². The van der Waals surface area contributed by atoms with Crippen LogP contribution in [0.1, 0.15) is 12.0 Å². The van der Waals surface area contributed by atoms with E-state index in [-0.39, 0.29) is 16.8 Å². The van der Waals surface area contributed by atoms with Crippen LogP contribution in [-0.4, -0.2) is 49.1 Å². The smallest absolute Gasteiger partial charge is 0.223 e. The number of fused-ring (bicyclic) bond motifs is 1. The van der Waals surface area contributed by atoms with E-state index in [4.69, 9.17) is 4.74 Å². The Hall–Kier alpha value is -3.22. The summed E-state index contributed by atoms with van der Waals surface area (Å²) in [5.74, 6) is -0.142. The van der Waals surface area contributed by atoms with Gasteiger partial charge in [-0.25, -0.2) is 8.78 Å². The summed E-state index contributed by atoms with van der Waals surface area (Å²) in [4.78, 5) is 20.4. The molecule has 1 aromatic heterocycles. The molecule has 1 saturated heterocycles. The second-order valence-corrected chi connectivity index (χ2v) is 7.30. The zero-order valence-electron chi connectivity index (χ0n) is 16.8. The zero-order valence-corrected chi connectivity index (χ0v) is 16.8. The van der Waals surface area contributed by atoms with Crippen LogP contribution in [0.15, 0.2) is 48.7 Å². The van der Waals surface area contributed by atoms with Crippen molar-refractivity contribution in [2.24, 2.45) is 0 Å². The number of methoxy groups -OCH3 is 1. The van der Waals surface area contributed by atoms with Gasteiger partial charge in [-0.2, -0.15) is 0 Å². The summed E-state index contributed by atoms with van der Waals surface area (Å²) >= 11 is 0. The van der Waals surface area contributed by atoms with Crippen molar-refractivity contribution in [2.45, 2.75) is 12.8 Å². The monoisotopic (exact) mass is 411 g/mol. The fraction of sp³-hybridized carbons (Fsp3) is 0.304. The van der Waals surface area contributed by atoms with Crippen LogP contribution in [0.3, 0.4) is 0 Å². The first kappa shape index (κ1) is 20.1. The Morgan fingerprint density at radius 1 is 1.00 bits per heavy atom. The Morgan fingerprint density at radius 3 is 2.40 bits per heavy atom. The van der Waals surface area contributed by atoms with Crippen molar-refractivity contribution in [3.63, 3.8) is 0 Å². The minimum atomic E-state index is -0.541. The number of hydrogen-bond donors (Lipinski definition) is 0. The van der Waals surface area contributed by atoms with Crippen molar-refractivity contribution in [2.75, 3.05) is 38.2 Å². The average molecular weight is 411 g/mol. The van der Waals surface area contributed by atoms with Gasteiger partial charge in [-0.05, 0) is 42.3 Å². The highest BCUT2D eigenvalue weighted by molar-refractivity contribution is 5.92. The van der Waals surface area contributed by atoms with Gasteiger partial charge in [0.25, 0.3) is 0 Å². The largest absolute Gasteiger partial charge is 0.497 e. The number of carbonyl (C=O) groups is 1. The summed E-state index contributed by atoms with van der Waals surface area (Å²) in [6.45, 7) is 2.21. The molecular weight excluding hydrogens is 388 g/mol. The molecular formula is C23H23F2N3O2. The minimum absolute atomic E-state index is 0.0329. The number of carbonyl (C=O) groups excluding carboxylic acids is 1. The molecule has 0 bridgehead atoms. The number of benzene rings is 2. The van der Waals surface area contributed by atoms with Gasteiger partial charge in [0.15, 0.2) is 0 Å². The number of hydrogen-bond acceptors (Lipinski definition) is 4. The van der Waals surface area contributed by atoms with Crippen LogP contribution in [0.5, 0.6) is 5.75 Å². The Kier molecular flexibility index (Phi) is 5.79. The molecule has 1 amide bonds. The number of piperazine rings is 1. The van der Waals surface area contributed by atoms with E-state index >= 15 is 0 Å². The molecule has 5 nitrogen and oxygen atoms in total. The Morgan fingerprint density at radius 2 is 1.70 bits per heavy atom. The highest BCUT2D eigenvalue weighted by atomic mass is 19.1. The summed E-state index contributed by atoms with van der Waals surface area (Å²) in [6.07, 6.45) is 2.60. The van der Waals surface area contributed by atoms with Crippen molar-refractivity contribution >= 4 is 22.5 Å². The number of rotatable bonds is 5. The molecule has 3 aromatic rings. The predicted molar refractivity (Wildman–Crippen MR) is 112 cm³/mol. The lowest BCUT2D eigenvalue weighted by Crippen LogP contribution is -2.49. The maximum absolute atomic E-state index is 14.4. The van der Waals surface area contributed by atoms with Crippen LogP contribution in [0.4, 0.5) is 14.5 Å². The summed E-state index contributed by atoms with van der Waals surface area (Å²) < 4.78 is 33.6. The van der Waals surface area contributed by atoms with Crippen molar-refractivity contribution in [1.82, 2.24) is 9.88 Å². The van der Waals surface area contributed by atoms with E-state index in [2.05, 4.69) is 4.98 Å². The van der Waals surface area contributed by atoms with E-state index in [9.17, 15) is 13.6 Å². The Bertz CT molecular complexity index is 1050. The summed E-state index contributed by atoms with van der Waals surface area (Å²) in [5.41, 5.74) is 1.73. The lowest BCUT2D eigenvalue weighted by molar-refractivity contribution is -0.131. The van der Waals surface area contributed by atoms with Crippen LogP contribution in [-0.2, 0) is 11.2 Å². The molecule has 0 N–H and O–H groups in total. The molecule has 1 fully saturated rings. The fourth-order valence-corrected chi connectivity index (χ4v) is 3.84. The third-order valence-corrected chi connectivity index (χ3v) is 5.53. The average Bonchev–Trinajstić information content (AvgIpc) is 2.80. The normalized spacial score (nSPS) is 14.2. The predicted octanol–water partition coefficient (Wildman–Crippen LogP) is 3.80. The summed E-state index contributed by atoms with van der Waals surface area (Å²) in [5, 5.41) is 0.191. The molecule has 0 aliphatic carbocycles. The SMILES string of the molecule is COc1ccc(CCC(=O)N2CCN(c3ccnc4c(F)ccc(F)c34)CC2)cc1. The van der Waals surface area contributed by atoms with E-state index in [1.807, 2.05) is 34.1 Å². The van der Waals surface area contributed by atoms with Crippen LogP contribution in [0.2, 0.25) is 0 Å². The maximum atomic E-state index is 14.4. The van der Waals surface area contributed by atoms with Crippen molar-refractivity contribution in [1.29, 1.82) is 0 Å². The molecule has 2 heterocycles. The topological polar surface area (TPSA) is 45.7 Å². The Balaban J connectivity index is 1.38. The van der Waals surface area contributed by atoms with E-state index < -0.39 is 11.6 Å². The van der Waals surface area contributed by atoms with Gasteiger partial charge in [0.1, 0.15) is 22.9 Å². The first-order chi connectivity index (χ1) is 14.6. The number of halogens is 2. The van der Waals surface area contributed by atoms with Gasteiger partial charge in [0.05, 0.1) is 18.2 Å². The standard InChI is InChI=1S/C23H23F2N3O2/c1-30-17-5-2-16(3-6-17)4-9-21(29)28-14-12-27(13-15-28)20-10-11-26-23-19(25)8-7-18(24)22(20)23/h2-3,5-8,10-11H,4,9,12-15H2,1H3. The molecule has 7 heteroatoms. The second kappa shape index (κ2) is 8.65. The van der Waals surface area contributed by atoms with Crippen molar-refractivity contribution in [3.05, 3.63) is 65.9 Å². The number of nitrogens with zero attached hydrogens (tertiary/aromatic N) is 3. The van der Waals surface area contributed by atoms with Crippen LogP contribution < -0.4 is 9.64 Å². The van der Waals surface area contributed by atoms with Crippen LogP contribution in [0, 0.1) is 11.6 Å². The van der Waals surface area contributed by atoms with Gasteiger partial charge >= 0.3 is 0 Å². The van der Waals surface area contributed by atoms with Gasteiger partial charge in [-0.3, -0.25) is 9.78 Å². The minimum Gasteiger partial charge on any atom is -0.497 e. The molecule has 30 heavy (non-hydrogen) atoms. The number of aromatic nitrogens is 1. The third kappa shape index (κ3) is 4.06. The van der Waals surface area contributed by atoms with Gasteiger partial charge in [-0.1, -0.05) is 12.1 Å². The number of pyridine rings is 1. The van der Waals surface area contributed by atoms with Crippen molar-refractivity contribution < 1.29 is 18.3 Å². The number of aryl methyl sites for hydroxylation is 1. The molecule has 0 unspecified atom stereocenters. The van der Waals surface area contributed by atoms with E-state index in [1.54, 1.807) is 13.2 Å². The lowest BCUT2D eigenvalue weighted by Gasteiger charge is -2.36. The van der Waals surface area contributed by atoms with E-state index in [0.29, 0.717) is 44.7 Å². The third-order valence-electron chi connectivity index (χ3n) is 5.53. The number of ether oxygens (including phenoxy) is 1. The molecule has 1 aliphatic heterocycles. The fourth-order valence-electron chi connectivity index (χ4n) is 3.84. The molecule has 0 radical (unpaired) electrons. The first-order valence-corrected chi connectivity index (χ1v) is 9.95. The van der Waals surface area contributed by atoms with Crippen LogP contribution in [0.25, 0.3) is 10.9 Å². The zero-order chi connectivity index (χ0) is 21.1. The molecule has 2 aromatic carbocycles. The van der Waals surface area contributed by atoms with Crippen molar-refractivity contribution in [3.8, 4) is 5.75 Å². The first-order valence-electron chi connectivity index (χ1n) is 9.95. The van der Waals surface area contributed by atoms with E-state index in [0.717, 1.165) is 23.4 Å². The molecule has 1 aliphatic rings. The lowest BCUT2D eigenvalue weighted by atomic mass is 10.1. The van der Waals surface area contributed by atoms with Gasteiger partial charge < -0.3 is 14.5 Å². The number of amides is 1. The molecule has 0 atom stereocenters. The van der Waals surface area contributed by atoms with Crippen LogP contribution >= 0.6 is 0 Å². The summed E-state index contributed by atoms with van der Waals surface area (Å²) in [6, 6.07) is 11.6. The van der Waals surface area contributed by atoms with E-state index in [1.165, 1.54) is 6.20 Å². The molecule has 4 rings (SSSR count). The van der Waals surface area contributed by atoms with Gasteiger partial charge in [0.2, 0.25) is 5.91 Å². The highest BCUT2D eigenvalue weighted by Crippen LogP contribution is 2.30. The maximum Gasteiger partial charge on any atom is 0.223 e. The van der Waals surface area contributed by atoms with Gasteiger partial charge in [0, 0.05) is 38.8 Å². The second-order valence-electron chi connectivity index (χ2n) is 7.30. The molecule has 0 spiro atoms. The van der Waals surface area contributed by atoms with Gasteiger partial charge in [-0.15, -0.1) is 0 Å². The quantitative estimate of drug-likeness (QED) is 0.641.